The van der Waals surface area contributed by atoms with E-state index in [0.29, 0.717) is 23.4 Å². The van der Waals surface area contributed by atoms with Crippen LogP contribution in [0.3, 0.4) is 0 Å². The molecule has 0 radical (unpaired) electrons. The van der Waals surface area contributed by atoms with Crippen molar-refractivity contribution in [1.29, 1.82) is 0 Å². The third-order valence-electron chi connectivity index (χ3n) is 3.81. The molecule has 0 spiro atoms. The first-order chi connectivity index (χ1) is 12.3. The molecule has 2 aromatic heterocycles. The molecule has 26 heavy (non-hydrogen) atoms. The number of aliphatic hydroxyl groups is 2. The second-order valence-electron chi connectivity index (χ2n) is 6.90. The number of imidazole rings is 1. The summed E-state index contributed by atoms with van der Waals surface area (Å²) in [6, 6.07) is 0. The maximum atomic E-state index is 10.0. The van der Waals surface area contributed by atoms with Crippen molar-refractivity contribution >= 4 is 23.3 Å². The third kappa shape index (κ3) is 3.98. The average Bonchev–Trinajstić information content (AvgIpc) is 3.14. The minimum absolute atomic E-state index is 0.137. The second kappa shape index (κ2) is 7.23. The Hall–Kier alpha value is -2.14. The zero-order valence-corrected chi connectivity index (χ0v) is 15.3. The molecule has 1 fully saturated rings. The van der Waals surface area contributed by atoms with Crippen molar-refractivity contribution in [3.63, 3.8) is 0 Å². The summed E-state index contributed by atoms with van der Waals surface area (Å²) < 4.78 is 13.3. The Labute approximate surface area is 151 Å². The van der Waals surface area contributed by atoms with Crippen LogP contribution in [0.25, 0.3) is 11.2 Å². The highest BCUT2D eigenvalue weighted by Crippen LogP contribution is 2.35. The van der Waals surface area contributed by atoms with Gasteiger partial charge in [-0.3, -0.25) is 4.57 Å². The van der Waals surface area contributed by atoms with Crippen molar-refractivity contribution in [2.24, 2.45) is 4.99 Å². The molecule has 2 N–H and O–H groups in total. The molecular weight excluding hydrogens is 340 g/mol. The molecule has 1 aliphatic rings. The Kier molecular flexibility index (Phi) is 5.19. The molecule has 142 valence electrons. The molecule has 3 atom stereocenters. The largest absolute Gasteiger partial charge is 0.394 e. The summed E-state index contributed by atoms with van der Waals surface area (Å²) in [6.07, 6.45) is 3.64. The lowest BCUT2D eigenvalue weighted by molar-refractivity contribution is -0.222. The zero-order valence-electron chi connectivity index (χ0n) is 15.3. The van der Waals surface area contributed by atoms with Gasteiger partial charge in [-0.25, -0.2) is 19.9 Å². The fraction of sp³-hybridized carbons (Fsp3) is 0.625. The van der Waals surface area contributed by atoms with Crippen LogP contribution in [-0.4, -0.2) is 79.7 Å². The second-order valence-corrected chi connectivity index (χ2v) is 6.90. The SMILES string of the molecule is CN(C)/C=N/c1ncnc2c1ncn2[C@@H]1O[C@H](CO)C[C@H]1OC(C)(C)O. The van der Waals surface area contributed by atoms with Crippen molar-refractivity contribution in [2.45, 2.75) is 44.5 Å². The molecule has 1 saturated heterocycles. The lowest BCUT2D eigenvalue weighted by Gasteiger charge is -2.27. The van der Waals surface area contributed by atoms with E-state index < -0.39 is 24.2 Å². The number of aliphatic imine (C=N–C) groups is 1. The van der Waals surface area contributed by atoms with E-state index in [1.54, 1.807) is 36.0 Å². The molecule has 0 unspecified atom stereocenters. The molecule has 10 heteroatoms. The molecule has 3 rings (SSSR count). The summed E-state index contributed by atoms with van der Waals surface area (Å²) >= 11 is 0. The predicted molar refractivity (Wildman–Crippen MR) is 93.9 cm³/mol. The molecule has 0 amide bonds. The Morgan fingerprint density at radius 2 is 2.19 bits per heavy atom. The Balaban J connectivity index is 1.97. The highest BCUT2D eigenvalue weighted by atomic mass is 16.7. The van der Waals surface area contributed by atoms with Gasteiger partial charge in [0, 0.05) is 20.5 Å². The van der Waals surface area contributed by atoms with Crippen LogP contribution in [0.5, 0.6) is 0 Å². The van der Waals surface area contributed by atoms with E-state index in [-0.39, 0.29) is 6.61 Å². The van der Waals surface area contributed by atoms with Crippen molar-refractivity contribution < 1.29 is 19.7 Å². The van der Waals surface area contributed by atoms with Crippen LogP contribution >= 0.6 is 0 Å². The van der Waals surface area contributed by atoms with Gasteiger partial charge < -0.3 is 24.6 Å². The minimum atomic E-state index is -1.33. The maximum absolute atomic E-state index is 10.0. The number of hydrogen-bond donors (Lipinski definition) is 2. The smallest absolute Gasteiger partial charge is 0.184 e. The fourth-order valence-electron chi connectivity index (χ4n) is 2.85. The van der Waals surface area contributed by atoms with Crippen LogP contribution in [0.1, 0.15) is 26.5 Å². The van der Waals surface area contributed by atoms with Crippen LogP contribution in [0.4, 0.5) is 5.82 Å². The Morgan fingerprint density at radius 1 is 1.42 bits per heavy atom. The van der Waals surface area contributed by atoms with Crippen LogP contribution < -0.4 is 0 Å². The zero-order chi connectivity index (χ0) is 18.9. The van der Waals surface area contributed by atoms with Gasteiger partial charge in [-0.05, 0) is 13.8 Å². The van der Waals surface area contributed by atoms with E-state index in [1.807, 2.05) is 14.1 Å². The van der Waals surface area contributed by atoms with Gasteiger partial charge in [-0.1, -0.05) is 0 Å². The van der Waals surface area contributed by atoms with Crippen LogP contribution in [0, 0.1) is 0 Å². The quantitative estimate of drug-likeness (QED) is 0.431. The van der Waals surface area contributed by atoms with E-state index in [1.165, 1.54) is 6.33 Å². The molecule has 0 aliphatic carbocycles. The minimum Gasteiger partial charge on any atom is -0.394 e. The highest BCUT2D eigenvalue weighted by Gasteiger charge is 2.40. The van der Waals surface area contributed by atoms with Gasteiger partial charge >= 0.3 is 0 Å². The van der Waals surface area contributed by atoms with Crippen LogP contribution in [0.15, 0.2) is 17.6 Å². The van der Waals surface area contributed by atoms with Crippen LogP contribution in [0.2, 0.25) is 0 Å². The summed E-state index contributed by atoms with van der Waals surface area (Å²) in [5.74, 6) is -0.887. The molecule has 1 aliphatic heterocycles. The van der Waals surface area contributed by atoms with Crippen molar-refractivity contribution in [3.05, 3.63) is 12.7 Å². The lowest BCUT2D eigenvalue weighted by Crippen LogP contribution is -2.33. The Morgan fingerprint density at radius 3 is 2.85 bits per heavy atom. The normalized spacial score (nSPS) is 24.0. The molecule has 10 nitrogen and oxygen atoms in total. The lowest BCUT2D eigenvalue weighted by atomic mass is 10.2. The standard InChI is InChI=1S/C16H24N6O4/c1-16(2,24)26-11-5-10(6-23)25-15(11)22-9-19-12-13(20-8-21(3)4)17-7-18-14(12)22/h7-11,15,23-24H,5-6H2,1-4H3/b20-8+/t10-,11+,15+/m0/s1. The van der Waals surface area contributed by atoms with E-state index >= 15 is 0 Å². The summed E-state index contributed by atoms with van der Waals surface area (Å²) in [7, 11) is 3.72. The van der Waals surface area contributed by atoms with E-state index in [4.69, 9.17) is 9.47 Å². The topological polar surface area (TPSA) is 118 Å². The molecule has 0 aromatic carbocycles. The van der Waals surface area contributed by atoms with Crippen molar-refractivity contribution in [2.75, 3.05) is 20.7 Å². The summed E-state index contributed by atoms with van der Waals surface area (Å²) in [6.45, 7) is 2.97. The molecule has 3 heterocycles. The van der Waals surface area contributed by atoms with Gasteiger partial charge in [0.15, 0.2) is 29.0 Å². The first-order valence-corrected chi connectivity index (χ1v) is 8.33. The fourth-order valence-corrected chi connectivity index (χ4v) is 2.85. The first kappa shape index (κ1) is 18.6. The maximum Gasteiger partial charge on any atom is 0.184 e. The number of aromatic nitrogens is 4. The van der Waals surface area contributed by atoms with E-state index in [0.717, 1.165) is 0 Å². The monoisotopic (exact) mass is 364 g/mol. The molecule has 2 aromatic rings. The molecular formula is C16H24N6O4. The number of ether oxygens (including phenoxy) is 2. The summed E-state index contributed by atoms with van der Waals surface area (Å²) in [5.41, 5.74) is 1.07. The highest BCUT2D eigenvalue weighted by molar-refractivity contribution is 5.82. The van der Waals surface area contributed by atoms with Gasteiger partial charge in [0.2, 0.25) is 0 Å². The summed E-state index contributed by atoms with van der Waals surface area (Å²) in [5, 5.41) is 19.5. The van der Waals surface area contributed by atoms with Crippen molar-refractivity contribution in [3.8, 4) is 0 Å². The number of rotatable bonds is 6. The number of fused-ring (bicyclic) bond motifs is 1. The number of nitrogens with zero attached hydrogens (tertiary/aromatic N) is 6. The van der Waals surface area contributed by atoms with E-state index in [2.05, 4.69) is 19.9 Å². The van der Waals surface area contributed by atoms with Gasteiger partial charge in [-0.2, -0.15) is 0 Å². The predicted octanol–water partition coefficient (Wildman–Crippen LogP) is 0.441. The summed E-state index contributed by atoms with van der Waals surface area (Å²) in [4.78, 5) is 18.9. The van der Waals surface area contributed by atoms with Crippen LogP contribution in [-0.2, 0) is 9.47 Å². The molecule has 0 saturated carbocycles. The number of hydrogen-bond acceptors (Lipinski definition) is 8. The average molecular weight is 364 g/mol. The van der Waals surface area contributed by atoms with Gasteiger partial charge in [0.25, 0.3) is 0 Å². The number of aliphatic hydroxyl groups excluding tert-OH is 1. The first-order valence-electron chi connectivity index (χ1n) is 8.33. The van der Waals surface area contributed by atoms with E-state index in [9.17, 15) is 10.2 Å². The molecule has 0 bridgehead atoms. The van der Waals surface area contributed by atoms with Gasteiger partial charge in [0.1, 0.15) is 12.4 Å². The van der Waals surface area contributed by atoms with Gasteiger partial charge in [-0.15, -0.1) is 0 Å². The van der Waals surface area contributed by atoms with Gasteiger partial charge in [0.05, 0.1) is 25.4 Å². The third-order valence-corrected chi connectivity index (χ3v) is 3.81. The Bertz CT molecular complexity index is 785. The van der Waals surface area contributed by atoms with Crippen molar-refractivity contribution in [1.82, 2.24) is 24.4 Å².